The van der Waals surface area contributed by atoms with E-state index in [2.05, 4.69) is 15.2 Å². The molecule has 1 aliphatic heterocycles. The first-order valence-electron chi connectivity index (χ1n) is 7.94. The van der Waals surface area contributed by atoms with Crippen LogP contribution in [-0.4, -0.2) is 46.6 Å². The SMILES string of the molecule is O=C(N[C@@H]1CN(Cc2ccc(F)cc2)C[C@H]1CO)c1ccncc1. The van der Waals surface area contributed by atoms with E-state index in [0.29, 0.717) is 25.2 Å². The van der Waals surface area contributed by atoms with Gasteiger partial charge in [-0.3, -0.25) is 14.7 Å². The molecule has 0 spiro atoms. The third-order valence-corrected chi connectivity index (χ3v) is 4.33. The average Bonchev–Trinajstić information content (AvgIpc) is 2.99. The molecule has 1 aliphatic rings. The van der Waals surface area contributed by atoms with Crippen molar-refractivity contribution in [3.05, 3.63) is 65.7 Å². The van der Waals surface area contributed by atoms with Crippen molar-refractivity contribution in [2.24, 2.45) is 5.92 Å². The zero-order chi connectivity index (χ0) is 16.9. The normalized spacial score (nSPS) is 20.9. The summed E-state index contributed by atoms with van der Waals surface area (Å²) >= 11 is 0. The maximum absolute atomic E-state index is 13.0. The summed E-state index contributed by atoms with van der Waals surface area (Å²) in [5, 5.41) is 12.6. The number of aliphatic hydroxyl groups is 1. The highest BCUT2D eigenvalue weighted by atomic mass is 19.1. The van der Waals surface area contributed by atoms with Crippen LogP contribution in [-0.2, 0) is 6.54 Å². The largest absolute Gasteiger partial charge is 0.396 e. The lowest BCUT2D eigenvalue weighted by Gasteiger charge is -2.18. The van der Waals surface area contributed by atoms with Crippen molar-refractivity contribution in [1.29, 1.82) is 0 Å². The van der Waals surface area contributed by atoms with Crippen LogP contribution in [0.1, 0.15) is 15.9 Å². The minimum Gasteiger partial charge on any atom is -0.396 e. The molecule has 3 rings (SSSR count). The number of hydrogen-bond donors (Lipinski definition) is 2. The van der Waals surface area contributed by atoms with Crippen LogP contribution in [0, 0.1) is 11.7 Å². The third kappa shape index (κ3) is 3.96. The van der Waals surface area contributed by atoms with Gasteiger partial charge in [0.2, 0.25) is 0 Å². The molecule has 1 aromatic carbocycles. The molecule has 126 valence electrons. The lowest BCUT2D eigenvalue weighted by molar-refractivity contribution is 0.0921. The molecule has 0 bridgehead atoms. The van der Waals surface area contributed by atoms with Crippen molar-refractivity contribution >= 4 is 5.91 Å². The van der Waals surface area contributed by atoms with E-state index in [1.165, 1.54) is 12.1 Å². The monoisotopic (exact) mass is 329 g/mol. The second kappa shape index (κ2) is 7.51. The predicted octanol–water partition coefficient (Wildman–Crippen LogP) is 1.44. The van der Waals surface area contributed by atoms with Crippen molar-refractivity contribution in [1.82, 2.24) is 15.2 Å². The predicted molar refractivity (Wildman–Crippen MR) is 87.7 cm³/mol. The first kappa shape index (κ1) is 16.5. The highest BCUT2D eigenvalue weighted by molar-refractivity contribution is 5.94. The second-order valence-corrected chi connectivity index (χ2v) is 6.08. The Morgan fingerprint density at radius 2 is 1.92 bits per heavy atom. The number of aromatic nitrogens is 1. The number of nitrogens with zero attached hydrogens (tertiary/aromatic N) is 2. The van der Waals surface area contributed by atoms with Crippen LogP contribution in [0.4, 0.5) is 4.39 Å². The molecule has 2 aromatic rings. The van der Waals surface area contributed by atoms with Crippen LogP contribution in [0.15, 0.2) is 48.8 Å². The summed E-state index contributed by atoms with van der Waals surface area (Å²) < 4.78 is 13.0. The van der Waals surface area contributed by atoms with Gasteiger partial charge >= 0.3 is 0 Å². The van der Waals surface area contributed by atoms with Gasteiger partial charge in [-0.25, -0.2) is 4.39 Å². The Kier molecular flexibility index (Phi) is 5.17. The van der Waals surface area contributed by atoms with E-state index in [1.54, 1.807) is 36.7 Å². The molecule has 0 aliphatic carbocycles. The van der Waals surface area contributed by atoms with E-state index in [1.807, 2.05) is 0 Å². The number of carbonyl (C=O) groups is 1. The van der Waals surface area contributed by atoms with Gasteiger partial charge in [0.25, 0.3) is 5.91 Å². The summed E-state index contributed by atoms with van der Waals surface area (Å²) in [6.45, 7) is 2.02. The van der Waals surface area contributed by atoms with E-state index in [0.717, 1.165) is 5.56 Å². The van der Waals surface area contributed by atoms with E-state index in [4.69, 9.17) is 0 Å². The first-order chi connectivity index (χ1) is 11.7. The summed E-state index contributed by atoms with van der Waals surface area (Å²) in [5.74, 6) is -0.434. The fourth-order valence-electron chi connectivity index (χ4n) is 3.04. The maximum atomic E-state index is 13.0. The van der Waals surface area contributed by atoms with Crippen LogP contribution < -0.4 is 5.32 Å². The molecule has 0 unspecified atom stereocenters. The van der Waals surface area contributed by atoms with Crippen molar-refractivity contribution in [3.63, 3.8) is 0 Å². The number of aliphatic hydroxyl groups excluding tert-OH is 1. The zero-order valence-electron chi connectivity index (χ0n) is 13.2. The molecule has 6 heteroatoms. The van der Waals surface area contributed by atoms with Gasteiger partial charge in [0.15, 0.2) is 0 Å². The highest BCUT2D eigenvalue weighted by Gasteiger charge is 2.33. The molecule has 2 heterocycles. The van der Waals surface area contributed by atoms with Gasteiger partial charge in [0, 0.05) is 56.2 Å². The number of rotatable bonds is 5. The molecular formula is C18H20FN3O2. The summed E-state index contributed by atoms with van der Waals surface area (Å²) in [6.07, 6.45) is 3.15. The first-order valence-corrected chi connectivity index (χ1v) is 7.94. The standard InChI is InChI=1S/C18H20FN3O2/c19-16-3-1-13(2-4-16)9-22-10-15(12-23)17(11-22)21-18(24)14-5-7-20-8-6-14/h1-8,15,17,23H,9-12H2,(H,21,24)/t15-,17+/m0/s1. The number of pyridine rings is 1. The Balaban J connectivity index is 1.62. The number of benzene rings is 1. The Bertz CT molecular complexity index is 678. The van der Waals surface area contributed by atoms with Crippen molar-refractivity contribution in [2.75, 3.05) is 19.7 Å². The number of halogens is 1. The minimum atomic E-state index is -0.254. The van der Waals surface area contributed by atoms with E-state index >= 15 is 0 Å². The lowest BCUT2D eigenvalue weighted by Crippen LogP contribution is -2.41. The molecule has 0 saturated carbocycles. The van der Waals surface area contributed by atoms with E-state index in [9.17, 15) is 14.3 Å². The van der Waals surface area contributed by atoms with Gasteiger partial charge in [0.1, 0.15) is 5.82 Å². The Morgan fingerprint density at radius 1 is 1.21 bits per heavy atom. The lowest BCUT2D eigenvalue weighted by atomic mass is 10.0. The number of carbonyl (C=O) groups excluding carboxylic acids is 1. The highest BCUT2D eigenvalue weighted by Crippen LogP contribution is 2.20. The van der Waals surface area contributed by atoms with Crippen LogP contribution in [0.2, 0.25) is 0 Å². The molecular weight excluding hydrogens is 309 g/mol. The van der Waals surface area contributed by atoms with Gasteiger partial charge in [0.05, 0.1) is 0 Å². The zero-order valence-corrected chi connectivity index (χ0v) is 13.2. The molecule has 5 nitrogen and oxygen atoms in total. The molecule has 1 aromatic heterocycles. The fourth-order valence-corrected chi connectivity index (χ4v) is 3.04. The minimum absolute atomic E-state index is 0.0151. The molecule has 1 saturated heterocycles. The second-order valence-electron chi connectivity index (χ2n) is 6.08. The molecule has 2 atom stereocenters. The van der Waals surface area contributed by atoms with E-state index in [-0.39, 0.29) is 30.3 Å². The van der Waals surface area contributed by atoms with Crippen LogP contribution in [0.25, 0.3) is 0 Å². The smallest absolute Gasteiger partial charge is 0.251 e. The summed E-state index contributed by atoms with van der Waals surface area (Å²) in [6, 6.07) is 9.60. The van der Waals surface area contributed by atoms with Crippen molar-refractivity contribution in [2.45, 2.75) is 12.6 Å². The summed E-state index contributed by atoms with van der Waals surface area (Å²) in [4.78, 5) is 18.3. The van der Waals surface area contributed by atoms with Gasteiger partial charge in [-0.1, -0.05) is 12.1 Å². The Morgan fingerprint density at radius 3 is 2.58 bits per heavy atom. The van der Waals surface area contributed by atoms with Crippen molar-refractivity contribution in [3.8, 4) is 0 Å². The quantitative estimate of drug-likeness (QED) is 0.871. The molecule has 2 N–H and O–H groups in total. The van der Waals surface area contributed by atoms with Gasteiger partial charge in [-0.15, -0.1) is 0 Å². The number of nitrogens with one attached hydrogen (secondary N) is 1. The summed E-state index contributed by atoms with van der Waals surface area (Å²) in [5.41, 5.74) is 1.56. The third-order valence-electron chi connectivity index (χ3n) is 4.33. The Labute approximate surface area is 140 Å². The molecule has 1 amide bonds. The Hall–Kier alpha value is -2.31. The van der Waals surface area contributed by atoms with Gasteiger partial charge in [-0.2, -0.15) is 0 Å². The maximum Gasteiger partial charge on any atom is 0.251 e. The number of hydrogen-bond acceptors (Lipinski definition) is 4. The fraction of sp³-hybridized carbons (Fsp3) is 0.333. The van der Waals surface area contributed by atoms with Gasteiger partial charge in [-0.05, 0) is 29.8 Å². The number of amides is 1. The topological polar surface area (TPSA) is 65.5 Å². The molecule has 1 fully saturated rings. The molecule has 0 radical (unpaired) electrons. The van der Waals surface area contributed by atoms with Crippen molar-refractivity contribution < 1.29 is 14.3 Å². The average molecular weight is 329 g/mol. The molecule has 24 heavy (non-hydrogen) atoms. The van der Waals surface area contributed by atoms with Crippen LogP contribution in [0.3, 0.4) is 0 Å². The van der Waals surface area contributed by atoms with Gasteiger partial charge < -0.3 is 10.4 Å². The van der Waals surface area contributed by atoms with Crippen LogP contribution in [0.5, 0.6) is 0 Å². The summed E-state index contributed by atoms with van der Waals surface area (Å²) in [7, 11) is 0. The van der Waals surface area contributed by atoms with Crippen LogP contribution >= 0.6 is 0 Å². The van der Waals surface area contributed by atoms with E-state index < -0.39 is 0 Å². The number of likely N-dealkylation sites (tertiary alicyclic amines) is 1.